The fourth-order valence-electron chi connectivity index (χ4n) is 0.803. The second kappa shape index (κ2) is 16.3. The number of benzene rings is 1. The van der Waals surface area contributed by atoms with Gasteiger partial charge in [-0.3, -0.25) is 0 Å². The zero-order valence-corrected chi connectivity index (χ0v) is 20.3. The Labute approximate surface area is 219 Å². The van der Waals surface area contributed by atoms with Gasteiger partial charge in [0.15, 0.2) is 0 Å². The number of nitrogens with zero attached hydrogens (tertiary/aromatic N) is 1. The molecule has 9 nitrogen and oxygen atoms in total. The quantitative estimate of drug-likeness (QED) is 0.285. The molecule has 0 aliphatic heterocycles. The van der Waals surface area contributed by atoms with E-state index in [9.17, 15) is 0 Å². The zero-order chi connectivity index (χ0) is 15.1. The number of rotatable bonds is 0. The molecule has 15 heteroatoms. The summed E-state index contributed by atoms with van der Waals surface area (Å²) in [4.78, 5) is 55.4. The van der Waals surface area contributed by atoms with E-state index < -0.39 is 15.6 Å². The first-order valence-corrected chi connectivity index (χ1v) is 8.01. The first-order valence-electron chi connectivity index (χ1n) is 4.21. The fourth-order valence-corrected chi connectivity index (χ4v) is 1.48. The van der Waals surface area contributed by atoms with E-state index >= 15 is 0 Å². The molecule has 1 aromatic heterocycles. The minimum atomic E-state index is -5.39. The van der Waals surface area contributed by atoms with Crippen LogP contribution in [0, 0.1) is 0 Å². The molecule has 0 unspecified atom stereocenters. The molecule has 0 fully saturated rings. The van der Waals surface area contributed by atoms with Crippen LogP contribution in [0.2, 0.25) is 0 Å². The van der Waals surface area contributed by atoms with Crippen molar-refractivity contribution in [2.75, 3.05) is 0 Å². The van der Waals surface area contributed by atoms with Crippen LogP contribution in [0.15, 0.2) is 29.8 Å². The van der Waals surface area contributed by atoms with Crippen molar-refractivity contribution in [1.29, 1.82) is 0 Å². The molecule has 108 valence electrons. The first kappa shape index (κ1) is 32.8. The van der Waals surface area contributed by atoms with Gasteiger partial charge in [-0.25, -0.2) is 4.98 Å². The van der Waals surface area contributed by atoms with Crippen molar-refractivity contribution in [3.63, 3.8) is 0 Å². The molecule has 22 heavy (non-hydrogen) atoms. The standard InChI is InChI=1S/C7H5NS.3Ca.2H3O4P/c1-2-4-7-6(3-1)8-5-9-7;;;;2*1-5(2,3)4/h1-5H;;;;2*(H3,1,2,3,4)/q;3*+2;;/p-6. The Morgan fingerprint density at radius 1 is 0.818 bits per heavy atom. The number of para-hydroxylation sites is 1. The van der Waals surface area contributed by atoms with E-state index in [4.69, 9.17) is 38.5 Å². The van der Waals surface area contributed by atoms with Crippen molar-refractivity contribution in [3.8, 4) is 0 Å². The molecule has 0 saturated heterocycles. The van der Waals surface area contributed by atoms with Crippen molar-refractivity contribution in [2.24, 2.45) is 0 Å². The summed E-state index contributed by atoms with van der Waals surface area (Å²) in [7, 11) is -10.8. The summed E-state index contributed by atoms with van der Waals surface area (Å²) in [6.07, 6.45) is 0. The van der Waals surface area contributed by atoms with Gasteiger partial charge in [0.1, 0.15) is 0 Å². The summed E-state index contributed by atoms with van der Waals surface area (Å²) in [5, 5.41) is 0. The molecular formula is C7H5Ca3NO8P2S. The Morgan fingerprint density at radius 3 is 1.55 bits per heavy atom. The van der Waals surface area contributed by atoms with Crippen LogP contribution >= 0.6 is 27.0 Å². The van der Waals surface area contributed by atoms with Gasteiger partial charge in [0, 0.05) is 0 Å². The van der Waals surface area contributed by atoms with Crippen molar-refractivity contribution >= 4 is 150 Å². The number of thiazole rings is 1. The molecule has 1 heterocycles. The summed E-state index contributed by atoms with van der Waals surface area (Å²) in [6, 6.07) is 8.13. The molecule has 0 spiro atoms. The van der Waals surface area contributed by atoms with Crippen LogP contribution < -0.4 is 29.4 Å². The Bertz CT molecular complexity index is 535. The van der Waals surface area contributed by atoms with E-state index in [2.05, 4.69) is 11.1 Å². The molecule has 0 saturated carbocycles. The topological polar surface area (TPSA) is 185 Å². The normalized spacial score (nSPS) is 9.55. The number of hydrogen-bond acceptors (Lipinski definition) is 10. The molecule has 2 rings (SSSR count). The Hall–Kier alpha value is 3.11. The molecule has 0 N–H and O–H groups in total. The van der Waals surface area contributed by atoms with Crippen LogP contribution in [0.4, 0.5) is 0 Å². The molecule has 0 amide bonds. The Morgan fingerprint density at radius 2 is 1.18 bits per heavy atom. The summed E-state index contributed by atoms with van der Waals surface area (Å²) in [6.45, 7) is 0. The van der Waals surface area contributed by atoms with Crippen molar-refractivity contribution < 1.29 is 38.5 Å². The van der Waals surface area contributed by atoms with Crippen LogP contribution in [0.5, 0.6) is 0 Å². The van der Waals surface area contributed by atoms with Crippen LogP contribution in [0.25, 0.3) is 10.2 Å². The first-order chi connectivity index (χ1) is 8.47. The summed E-state index contributed by atoms with van der Waals surface area (Å²) >= 11 is 1.68. The van der Waals surface area contributed by atoms with Crippen LogP contribution in [-0.2, 0) is 9.13 Å². The third kappa shape index (κ3) is 27.9. The van der Waals surface area contributed by atoms with Gasteiger partial charge in [0.2, 0.25) is 0 Å². The van der Waals surface area contributed by atoms with Crippen molar-refractivity contribution in [1.82, 2.24) is 4.98 Å². The molecular weight excluding hydrogens is 440 g/mol. The predicted octanol–water partition coefficient (Wildman–Crippen LogP) is -4.50. The molecule has 1 aromatic carbocycles. The third-order valence-corrected chi connectivity index (χ3v) is 2.05. The average Bonchev–Trinajstić information content (AvgIpc) is 2.59. The maximum Gasteiger partial charge on any atom is 2.00 e. The molecule has 0 bridgehead atoms. The Balaban J connectivity index is -0.000000112. The average molecular weight is 445 g/mol. The SMILES string of the molecule is O=P([O-])([O-])[O-].O=P([O-])([O-])[O-].[Ca+2].[Ca+2].[Ca+2].c1ccc2scnc2c1. The molecule has 0 radical (unpaired) electrons. The Kier molecular flexibility index (Phi) is 24.3. The second-order valence-corrected chi connectivity index (χ2v) is 5.39. The molecule has 0 aliphatic rings. The minimum absolute atomic E-state index is 0. The van der Waals surface area contributed by atoms with Gasteiger partial charge in [0.05, 0.1) is 15.7 Å². The number of hydrogen-bond donors (Lipinski definition) is 0. The monoisotopic (exact) mass is 445 g/mol. The van der Waals surface area contributed by atoms with Gasteiger partial charge in [0.25, 0.3) is 0 Å². The third-order valence-electron chi connectivity index (χ3n) is 1.24. The number of fused-ring (bicyclic) bond motifs is 1. The van der Waals surface area contributed by atoms with Crippen LogP contribution in [0.1, 0.15) is 0 Å². The maximum absolute atomic E-state index is 8.55. The predicted molar refractivity (Wildman–Crippen MR) is 72.1 cm³/mol. The maximum atomic E-state index is 8.55. The van der Waals surface area contributed by atoms with Crippen LogP contribution in [-0.4, -0.2) is 118 Å². The van der Waals surface area contributed by atoms with Gasteiger partial charge in [-0.1, -0.05) is 12.1 Å². The van der Waals surface area contributed by atoms with Crippen molar-refractivity contribution in [3.05, 3.63) is 29.8 Å². The molecule has 2 aromatic rings. The summed E-state index contributed by atoms with van der Waals surface area (Å²) in [5.41, 5.74) is 2.97. The smallest absolute Gasteiger partial charge is 0.822 e. The van der Waals surface area contributed by atoms with Crippen molar-refractivity contribution in [2.45, 2.75) is 0 Å². The van der Waals surface area contributed by atoms with E-state index in [0.29, 0.717) is 0 Å². The minimum Gasteiger partial charge on any atom is -0.822 e. The molecule has 0 atom stereocenters. The van der Waals surface area contributed by atoms with Gasteiger partial charge in [-0.15, -0.1) is 11.3 Å². The van der Waals surface area contributed by atoms with Crippen LogP contribution in [0.3, 0.4) is 0 Å². The largest absolute Gasteiger partial charge is 2.00 e. The molecule has 0 aliphatic carbocycles. The van der Waals surface area contributed by atoms with Gasteiger partial charge >= 0.3 is 113 Å². The van der Waals surface area contributed by atoms with E-state index in [1.165, 1.54) is 4.70 Å². The number of phosphoric acid groups is 2. The van der Waals surface area contributed by atoms with Gasteiger partial charge in [-0.05, 0) is 12.1 Å². The zero-order valence-electron chi connectivity index (χ0n) is 11.0. The van der Waals surface area contributed by atoms with E-state index in [1.807, 2.05) is 23.7 Å². The van der Waals surface area contributed by atoms with E-state index in [-0.39, 0.29) is 113 Å². The summed E-state index contributed by atoms with van der Waals surface area (Å²) in [5.74, 6) is 0. The number of aromatic nitrogens is 1. The fraction of sp³-hybridized carbons (Fsp3) is 0. The van der Waals surface area contributed by atoms with E-state index in [0.717, 1.165) is 5.52 Å². The van der Waals surface area contributed by atoms with E-state index in [1.54, 1.807) is 11.3 Å². The van der Waals surface area contributed by atoms with Gasteiger partial charge in [-0.2, -0.15) is 15.6 Å². The summed E-state index contributed by atoms with van der Waals surface area (Å²) < 4.78 is 18.4. The second-order valence-electron chi connectivity index (χ2n) is 2.71. The van der Waals surface area contributed by atoms with Gasteiger partial charge < -0.3 is 38.5 Å².